The molecule has 10 heteroatoms. The van der Waals surface area contributed by atoms with E-state index in [2.05, 4.69) is 0 Å². The summed E-state index contributed by atoms with van der Waals surface area (Å²) in [5.41, 5.74) is 0.672. The molecule has 2 aromatic carbocycles. The van der Waals surface area contributed by atoms with Gasteiger partial charge in [0.25, 0.3) is 0 Å². The number of ether oxygens (including phenoxy) is 2. The average molecular weight is 486 g/mol. The Kier molecular flexibility index (Phi) is 9.36. The van der Waals surface area contributed by atoms with Crippen molar-refractivity contribution < 1.29 is 18.7 Å². The first kappa shape index (κ1) is 25.2. The van der Waals surface area contributed by atoms with Crippen molar-refractivity contribution in [2.24, 2.45) is 0 Å². The number of methoxy groups -OCH3 is 2. The molecule has 31 heavy (non-hydrogen) atoms. The van der Waals surface area contributed by atoms with E-state index in [1.807, 2.05) is 25.1 Å². The highest BCUT2D eigenvalue weighted by atomic mass is 35.5. The maximum Gasteiger partial charge on any atom is 0.239 e. The highest BCUT2D eigenvalue weighted by Crippen LogP contribution is 2.40. The number of carbonyl (C=O) groups excluding carboxylic acids is 1. The lowest BCUT2D eigenvalue weighted by molar-refractivity contribution is -0.116. The van der Waals surface area contributed by atoms with Crippen LogP contribution in [0.3, 0.4) is 0 Å². The summed E-state index contributed by atoms with van der Waals surface area (Å²) in [5.74, 6) is 1.19. The van der Waals surface area contributed by atoms with Crippen LogP contribution in [0.1, 0.15) is 0 Å². The van der Waals surface area contributed by atoms with Crippen LogP contribution in [-0.4, -0.2) is 62.9 Å². The minimum atomic E-state index is -0.296. The minimum absolute atomic E-state index is 0. The van der Waals surface area contributed by atoms with Gasteiger partial charge in [0.2, 0.25) is 5.91 Å². The Balaban J connectivity index is 0.00000341. The maximum atomic E-state index is 13.1. The molecule has 0 spiro atoms. The van der Waals surface area contributed by atoms with Crippen molar-refractivity contribution in [3.8, 4) is 11.5 Å². The van der Waals surface area contributed by atoms with Crippen molar-refractivity contribution in [3.05, 3.63) is 42.2 Å². The molecule has 0 saturated heterocycles. The fourth-order valence-electron chi connectivity index (χ4n) is 2.77. The van der Waals surface area contributed by atoms with E-state index in [0.29, 0.717) is 35.2 Å². The molecule has 0 fully saturated rings. The quantitative estimate of drug-likeness (QED) is 0.414. The molecular formula is C21H25ClFN3O3S2. The first-order chi connectivity index (χ1) is 14.4. The lowest BCUT2D eigenvalue weighted by Crippen LogP contribution is -2.37. The topological polar surface area (TPSA) is 54.9 Å². The van der Waals surface area contributed by atoms with E-state index in [9.17, 15) is 9.18 Å². The van der Waals surface area contributed by atoms with E-state index in [1.54, 1.807) is 37.3 Å². The van der Waals surface area contributed by atoms with Gasteiger partial charge in [-0.1, -0.05) is 11.3 Å². The molecule has 0 aliphatic heterocycles. The summed E-state index contributed by atoms with van der Waals surface area (Å²) in [6, 6.07) is 9.77. The van der Waals surface area contributed by atoms with E-state index in [4.69, 9.17) is 14.5 Å². The highest BCUT2D eigenvalue weighted by molar-refractivity contribution is 8.00. The predicted octanol–water partition coefficient (Wildman–Crippen LogP) is 4.56. The van der Waals surface area contributed by atoms with Gasteiger partial charge in [0.1, 0.15) is 27.5 Å². The maximum absolute atomic E-state index is 13.1. The number of fused-ring (bicyclic) bond motifs is 1. The van der Waals surface area contributed by atoms with Gasteiger partial charge in [-0.25, -0.2) is 9.37 Å². The Labute approximate surface area is 195 Å². The Morgan fingerprint density at radius 2 is 1.71 bits per heavy atom. The fraction of sp³-hybridized carbons (Fsp3) is 0.333. The van der Waals surface area contributed by atoms with Crippen LogP contribution < -0.4 is 14.4 Å². The van der Waals surface area contributed by atoms with Crippen LogP contribution in [0.15, 0.2) is 41.3 Å². The van der Waals surface area contributed by atoms with E-state index < -0.39 is 0 Å². The molecule has 0 aliphatic rings. The van der Waals surface area contributed by atoms with Crippen LogP contribution >= 0.6 is 35.5 Å². The third-order valence-corrected chi connectivity index (χ3v) is 6.47. The lowest BCUT2D eigenvalue weighted by atomic mass is 10.3. The van der Waals surface area contributed by atoms with E-state index in [1.165, 1.54) is 35.2 Å². The zero-order chi connectivity index (χ0) is 21.7. The van der Waals surface area contributed by atoms with Crippen molar-refractivity contribution in [1.82, 2.24) is 9.88 Å². The number of likely N-dealkylation sites (N-methyl/N-ethyl adjacent to an activating group) is 1. The molecule has 0 atom stereocenters. The van der Waals surface area contributed by atoms with E-state index in [-0.39, 0.29) is 29.9 Å². The molecule has 168 valence electrons. The summed E-state index contributed by atoms with van der Waals surface area (Å²) < 4.78 is 24.9. The summed E-state index contributed by atoms with van der Waals surface area (Å²) in [6.07, 6.45) is 0. The molecule has 1 amide bonds. The number of hydrogen-bond donors (Lipinski definition) is 0. The summed E-state index contributed by atoms with van der Waals surface area (Å²) in [6.45, 7) is 1.19. The van der Waals surface area contributed by atoms with Crippen molar-refractivity contribution >= 4 is 56.8 Å². The van der Waals surface area contributed by atoms with Gasteiger partial charge in [-0.2, -0.15) is 0 Å². The summed E-state index contributed by atoms with van der Waals surface area (Å²) in [7, 11) is 7.12. The molecule has 0 unspecified atom stereocenters. The second kappa shape index (κ2) is 11.5. The van der Waals surface area contributed by atoms with Crippen LogP contribution in [0.4, 0.5) is 9.52 Å². The number of halogens is 2. The van der Waals surface area contributed by atoms with Gasteiger partial charge < -0.3 is 14.4 Å². The number of hydrogen-bond acceptors (Lipinski definition) is 7. The molecule has 1 heterocycles. The first-order valence-corrected chi connectivity index (χ1v) is 11.1. The number of thiazole rings is 1. The third-order valence-electron chi connectivity index (χ3n) is 4.38. The molecule has 6 nitrogen and oxygen atoms in total. The predicted molar refractivity (Wildman–Crippen MR) is 128 cm³/mol. The standard InChI is InChI=1S/C21H24FN3O3S2.ClH/c1-24(2)11-12-25(18(26)13-29-15-7-5-14(22)6-8-15)21-23-19-16(27-3)9-10-17(28-4)20(19)30-21;/h5-10H,11-13H2,1-4H3;1H. The number of aromatic nitrogens is 1. The summed E-state index contributed by atoms with van der Waals surface area (Å²) in [5, 5.41) is 0.597. The number of anilines is 1. The van der Waals surface area contributed by atoms with Crippen LogP contribution in [0.5, 0.6) is 11.5 Å². The number of nitrogens with zero attached hydrogens (tertiary/aromatic N) is 3. The smallest absolute Gasteiger partial charge is 0.239 e. The zero-order valence-electron chi connectivity index (χ0n) is 17.8. The molecule has 0 radical (unpaired) electrons. The molecule has 0 saturated carbocycles. The van der Waals surface area contributed by atoms with Crippen molar-refractivity contribution in [2.75, 3.05) is 52.1 Å². The Hall–Kier alpha value is -2.07. The van der Waals surface area contributed by atoms with E-state index in [0.717, 1.165) is 9.60 Å². The van der Waals surface area contributed by atoms with Gasteiger partial charge in [0.05, 0.1) is 20.0 Å². The molecule has 3 rings (SSSR count). The average Bonchev–Trinajstić information content (AvgIpc) is 3.17. The van der Waals surface area contributed by atoms with Gasteiger partial charge in [0, 0.05) is 18.0 Å². The second-order valence-electron chi connectivity index (χ2n) is 6.74. The largest absolute Gasteiger partial charge is 0.495 e. The number of rotatable bonds is 9. The van der Waals surface area contributed by atoms with Gasteiger partial charge in [0.15, 0.2) is 5.13 Å². The summed E-state index contributed by atoms with van der Waals surface area (Å²) in [4.78, 5) is 22.3. The van der Waals surface area contributed by atoms with E-state index >= 15 is 0 Å². The van der Waals surface area contributed by atoms with Gasteiger partial charge in [-0.05, 0) is 50.5 Å². The molecule has 0 N–H and O–H groups in total. The monoisotopic (exact) mass is 485 g/mol. The Morgan fingerprint density at radius 3 is 2.32 bits per heavy atom. The van der Waals surface area contributed by atoms with Crippen molar-refractivity contribution in [3.63, 3.8) is 0 Å². The number of thioether (sulfide) groups is 1. The Morgan fingerprint density at radius 1 is 1.06 bits per heavy atom. The first-order valence-electron chi connectivity index (χ1n) is 9.28. The van der Waals surface area contributed by atoms with Crippen LogP contribution in [0, 0.1) is 5.82 Å². The normalized spacial score (nSPS) is 10.8. The number of amides is 1. The van der Waals surface area contributed by atoms with Gasteiger partial charge in [-0.3, -0.25) is 9.69 Å². The Bertz CT molecular complexity index is 974. The zero-order valence-corrected chi connectivity index (χ0v) is 20.2. The molecule has 0 aliphatic carbocycles. The SMILES string of the molecule is COc1ccc(OC)c2sc(N(CCN(C)C)C(=O)CSc3ccc(F)cc3)nc12.Cl. The third kappa shape index (κ3) is 6.22. The summed E-state index contributed by atoms with van der Waals surface area (Å²) >= 11 is 2.77. The van der Waals surface area contributed by atoms with Crippen molar-refractivity contribution in [2.45, 2.75) is 4.90 Å². The molecule has 0 bridgehead atoms. The molecule has 1 aromatic heterocycles. The highest BCUT2D eigenvalue weighted by Gasteiger charge is 2.22. The lowest BCUT2D eigenvalue weighted by Gasteiger charge is -2.21. The minimum Gasteiger partial charge on any atom is -0.495 e. The van der Waals surface area contributed by atoms with Crippen LogP contribution in [0.25, 0.3) is 10.2 Å². The van der Waals surface area contributed by atoms with Crippen LogP contribution in [0.2, 0.25) is 0 Å². The second-order valence-corrected chi connectivity index (χ2v) is 8.76. The van der Waals surface area contributed by atoms with Gasteiger partial charge in [-0.15, -0.1) is 24.2 Å². The number of carbonyl (C=O) groups is 1. The van der Waals surface area contributed by atoms with Gasteiger partial charge >= 0.3 is 0 Å². The molecular weight excluding hydrogens is 461 g/mol. The molecule has 3 aromatic rings. The fourth-order valence-corrected chi connectivity index (χ4v) is 4.66. The van der Waals surface area contributed by atoms with Crippen LogP contribution in [-0.2, 0) is 4.79 Å². The van der Waals surface area contributed by atoms with Crippen molar-refractivity contribution in [1.29, 1.82) is 0 Å². The number of benzene rings is 2.